The van der Waals surface area contributed by atoms with Crippen molar-refractivity contribution in [2.24, 2.45) is 0 Å². The summed E-state index contributed by atoms with van der Waals surface area (Å²) in [6, 6.07) is 11.5. The predicted octanol–water partition coefficient (Wildman–Crippen LogP) is 3.31. The topological polar surface area (TPSA) is 101 Å². The van der Waals surface area contributed by atoms with Crippen LogP contribution >= 0.6 is 0 Å². The van der Waals surface area contributed by atoms with Crippen molar-refractivity contribution in [3.63, 3.8) is 0 Å². The number of carboxylic acid groups (broad SMARTS) is 1. The molecule has 7 heteroatoms. The lowest BCUT2D eigenvalue weighted by Crippen LogP contribution is -2.01. The van der Waals surface area contributed by atoms with Crippen LogP contribution in [-0.4, -0.2) is 31.2 Å². The zero-order valence-corrected chi connectivity index (χ0v) is 14.6. The molecule has 0 atom stereocenters. The van der Waals surface area contributed by atoms with E-state index in [1.54, 1.807) is 6.20 Å². The number of hydrogen-bond acceptors (Lipinski definition) is 6. The van der Waals surface area contributed by atoms with Crippen LogP contribution in [-0.2, 0) is 11.2 Å². The maximum Gasteiger partial charge on any atom is 0.303 e. The third-order valence-electron chi connectivity index (χ3n) is 3.74. The smallest absolute Gasteiger partial charge is 0.303 e. The summed E-state index contributed by atoms with van der Waals surface area (Å²) in [4.78, 5) is 19.2. The number of aromatic nitrogens is 4. The summed E-state index contributed by atoms with van der Waals surface area (Å²) < 4.78 is 0. The highest BCUT2D eigenvalue weighted by Crippen LogP contribution is 2.24. The largest absolute Gasteiger partial charge is 0.481 e. The summed E-state index contributed by atoms with van der Waals surface area (Å²) in [7, 11) is 0. The van der Waals surface area contributed by atoms with E-state index in [0.717, 1.165) is 28.2 Å². The van der Waals surface area contributed by atoms with Gasteiger partial charge in [-0.25, -0.2) is 9.97 Å². The Morgan fingerprint density at radius 1 is 1.12 bits per heavy atom. The third-order valence-corrected chi connectivity index (χ3v) is 3.74. The molecule has 1 aromatic carbocycles. The molecule has 2 N–H and O–H groups in total. The molecule has 0 aliphatic rings. The van der Waals surface area contributed by atoms with Crippen molar-refractivity contribution < 1.29 is 9.90 Å². The van der Waals surface area contributed by atoms with Gasteiger partial charge >= 0.3 is 5.97 Å². The van der Waals surface area contributed by atoms with E-state index in [9.17, 15) is 4.79 Å². The molecule has 2 aromatic heterocycles. The number of nitrogens with one attached hydrogen (secondary N) is 1. The molecule has 3 aromatic rings. The molecule has 0 unspecified atom stereocenters. The van der Waals surface area contributed by atoms with Crippen LogP contribution in [0.4, 0.5) is 11.6 Å². The molecule has 3 rings (SSSR count). The second-order valence-electron chi connectivity index (χ2n) is 6.04. The van der Waals surface area contributed by atoms with Crippen LogP contribution in [0.2, 0.25) is 0 Å². The lowest BCUT2D eigenvalue weighted by molar-refractivity contribution is -0.136. The first-order valence-electron chi connectivity index (χ1n) is 8.23. The van der Waals surface area contributed by atoms with E-state index in [-0.39, 0.29) is 6.42 Å². The molecule has 0 radical (unpaired) electrons. The molecule has 0 saturated heterocycles. The maximum absolute atomic E-state index is 10.6. The van der Waals surface area contributed by atoms with Crippen LogP contribution in [0.15, 0.2) is 42.6 Å². The number of carbonyl (C=O) groups is 1. The molecule has 0 aliphatic carbocycles. The van der Waals surface area contributed by atoms with Crippen molar-refractivity contribution >= 4 is 17.6 Å². The summed E-state index contributed by atoms with van der Waals surface area (Å²) in [5.74, 6) is -0.305. The molecule has 0 aliphatic heterocycles. The van der Waals surface area contributed by atoms with Gasteiger partial charge in [0, 0.05) is 29.6 Å². The molecule has 0 amide bonds. The van der Waals surface area contributed by atoms with Gasteiger partial charge in [-0.3, -0.25) is 4.79 Å². The predicted molar refractivity (Wildman–Crippen MR) is 98.2 cm³/mol. The van der Waals surface area contributed by atoms with Crippen molar-refractivity contribution in [2.75, 3.05) is 5.32 Å². The number of hydrogen-bond donors (Lipinski definition) is 2. The highest BCUT2D eigenvalue weighted by molar-refractivity contribution is 5.68. The van der Waals surface area contributed by atoms with Crippen LogP contribution in [0.1, 0.15) is 23.4 Å². The number of aryl methyl sites for hydroxylation is 3. The number of nitrogens with zero attached hydrogens (tertiary/aromatic N) is 4. The SMILES string of the molecule is Cc1cc(Nc2nccc(C)n2)cc(-c2ccc(CCC(=O)O)nn2)c1. The summed E-state index contributed by atoms with van der Waals surface area (Å²) in [5, 5.41) is 20.3. The van der Waals surface area contributed by atoms with E-state index < -0.39 is 5.97 Å². The number of anilines is 2. The first-order valence-corrected chi connectivity index (χ1v) is 8.23. The van der Waals surface area contributed by atoms with Crippen molar-refractivity contribution in [3.05, 3.63) is 59.5 Å². The summed E-state index contributed by atoms with van der Waals surface area (Å²) in [6.07, 6.45) is 2.12. The summed E-state index contributed by atoms with van der Waals surface area (Å²) >= 11 is 0. The van der Waals surface area contributed by atoms with E-state index in [4.69, 9.17) is 5.11 Å². The summed E-state index contributed by atoms with van der Waals surface area (Å²) in [5.41, 5.74) is 5.11. The van der Waals surface area contributed by atoms with Crippen molar-refractivity contribution in [2.45, 2.75) is 26.7 Å². The molecule has 132 valence electrons. The van der Waals surface area contributed by atoms with E-state index in [1.165, 1.54) is 0 Å². The third kappa shape index (κ3) is 4.60. The average molecular weight is 349 g/mol. The quantitative estimate of drug-likeness (QED) is 0.704. The monoisotopic (exact) mass is 349 g/mol. The van der Waals surface area contributed by atoms with Crippen molar-refractivity contribution in [3.8, 4) is 11.3 Å². The number of rotatable bonds is 6. The first kappa shape index (κ1) is 17.5. The van der Waals surface area contributed by atoms with Crippen molar-refractivity contribution in [1.82, 2.24) is 20.2 Å². The molecule has 0 saturated carbocycles. The van der Waals surface area contributed by atoms with Gasteiger partial charge < -0.3 is 10.4 Å². The standard InChI is InChI=1S/C19H19N5O2/c1-12-9-14(17-5-3-15(23-24-17)4-6-18(25)26)11-16(10-12)22-19-20-8-7-13(2)21-19/h3,5,7-11H,4,6H2,1-2H3,(H,25,26)(H,20,21,22). The van der Waals surface area contributed by atoms with Gasteiger partial charge in [0.1, 0.15) is 0 Å². The van der Waals surface area contributed by atoms with E-state index in [2.05, 4.69) is 25.5 Å². The second kappa shape index (κ2) is 7.69. The zero-order valence-electron chi connectivity index (χ0n) is 14.6. The normalized spacial score (nSPS) is 10.5. The van der Waals surface area contributed by atoms with Crippen LogP contribution in [0.5, 0.6) is 0 Å². The molecular weight excluding hydrogens is 330 g/mol. The summed E-state index contributed by atoms with van der Waals surface area (Å²) in [6.45, 7) is 3.91. The highest BCUT2D eigenvalue weighted by Gasteiger charge is 2.07. The van der Waals surface area contributed by atoms with Crippen LogP contribution in [0.3, 0.4) is 0 Å². The van der Waals surface area contributed by atoms with Crippen LogP contribution in [0.25, 0.3) is 11.3 Å². The molecular formula is C19H19N5O2. The minimum atomic E-state index is -0.844. The molecule has 26 heavy (non-hydrogen) atoms. The van der Waals surface area contributed by atoms with Gasteiger partial charge in [-0.15, -0.1) is 0 Å². The van der Waals surface area contributed by atoms with Crippen LogP contribution < -0.4 is 5.32 Å². The highest BCUT2D eigenvalue weighted by atomic mass is 16.4. The Morgan fingerprint density at radius 2 is 1.96 bits per heavy atom. The van der Waals surface area contributed by atoms with Gasteiger partial charge in [-0.2, -0.15) is 10.2 Å². The Labute approximate surface area is 151 Å². The van der Waals surface area contributed by atoms with Gasteiger partial charge in [0.05, 0.1) is 17.8 Å². The fourth-order valence-electron chi connectivity index (χ4n) is 2.52. The van der Waals surface area contributed by atoms with Gasteiger partial charge in [0.2, 0.25) is 5.95 Å². The van der Waals surface area contributed by atoms with E-state index >= 15 is 0 Å². The van der Waals surface area contributed by atoms with Crippen molar-refractivity contribution in [1.29, 1.82) is 0 Å². The number of carboxylic acids is 1. The minimum Gasteiger partial charge on any atom is -0.481 e. The van der Waals surface area contributed by atoms with Crippen LogP contribution in [0, 0.1) is 13.8 Å². The Bertz CT molecular complexity index is 925. The van der Waals surface area contributed by atoms with Gasteiger partial charge in [0.25, 0.3) is 0 Å². The Balaban J connectivity index is 1.82. The lowest BCUT2D eigenvalue weighted by atomic mass is 10.1. The molecule has 0 bridgehead atoms. The lowest BCUT2D eigenvalue weighted by Gasteiger charge is -2.09. The number of aliphatic carboxylic acids is 1. The molecule has 7 nitrogen and oxygen atoms in total. The van der Waals surface area contributed by atoms with Gasteiger partial charge in [0.15, 0.2) is 0 Å². The fraction of sp³-hybridized carbons (Fsp3) is 0.211. The molecule has 0 fully saturated rings. The van der Waals surface area contributed by atoms with Gasteiger partial charge in [-0.1, -0.05) is 0 Å². The molecule has 0 spiro atoms. The Hall–Kier alpha value is -3.35. The van der Waals surface area contributed by atoms with Gasteiger partial charge in [-0.05, 0) is 55.8 Å². The Kier molecular flexibility index (Phi) is 5.17. The second-order valence-corrected chi connectivity index (χ2v) is 6.04. The number of benzene rings is 1. The first-order chi connectivity index (χ1) is 12.5. The maximum atomic E-state index is 10.6. The zero-order chi connectivity index (χ0) is 18.5. The fourth-order valence-corrected chi connectivity index (χ4v) is 2.52. The Morgan fingerprint density at radius 3 is 2.65 bits per heavy atom. The minimum absolute atomic E-state index is 0.0447. The average Bonchev–Trinajstić information content (AvgIpc) is 2.60. The van der Waals surface area contributed by atoms with E-state index in [1.807, 2.05) is 50.2 Å². The van der Waals surface area contributed by atoms with E-state index in [0.29, 0.717) is 18.1 Å². The molecule has 2 heterocycles.